The zero-order valence-electron chi connectivity index (χ0n) is 17.1. The molecule has 158 valence electrons. The van der Waals surface area contributed by atoms with Gasteiger partial charge in [-0.05, 0) is 29.3 Å². The number of fused-ring (bicyclic) bond motifs is 1. The lowest BCUT2D eigenvalue weighted by molar-refractivity contribution is -0.147. The van der Waals surface area contributed by atoms with E-state index in [4.69, 9.17) is 16.3 Å². The fraction of sp³-hybridized carbons (Fsp3) is 0.391. The number of amides is 2. The number of carbonyl (C=O) groups is 2. The van der Waals surface area contributed by atoms with Crippen LogP contribution in [0.25, 0.3) is 0 Å². The lowest BCUT2D eigenvalue weighted by Gasteiger charge is -2.42. The molecule has 0 saturated carbocycles. The molecule has 7 heteroatoms. The first kappa shape index (κ1) is 20.7. The van der Waals surface area contributed by atoms with Crippen molar-refractivity contribution in [1.29, 1.82) is 0 Å². The van der Waals surface area contributed by atoms with Crippen molar-refractivity contribution < 1.29 is 14.3 Å². The second-order valence-corrected chi connectivity index (χ2v) is 8.09. The number of rotatable bonds is 5. The van der Waals surface area contributed by atoms with E-state index in [0.717, 1.165) is 29.9 Å². The number of hydrogen-bond donors (Lipinski definition) is 0. The number of halogens is 1. The number of hydrogen-bond acceptors (Lipinski definition) is 4. The predicted octanol–water partition coefficient (Wildman–Crippen LogP) is 2.76. The van der Waals surface area contributed by atoms with Gasteiger partial charge in [-0.3, -0.25) is 9.59 Å². The van der Waals surface area contributed by atoms with Gasteiger partial charge in [0, 0.05) is 50.5 Å². The van der Waals surface area contributed by atoms with Gasteiger partial charge in [0.1, 0.15) is 6.04 Å². The van der Waals surface area contributed by atoms with Crippen molar-refractivity contribution in [1.82, 2.24) is 9.80 Å². The van der Waals surface area contributed by atoms with Gasteiger partial charge in [-0.2, -0.15) is 0 Å². The van der Waals surface area contributed by atoms with Crippen LogP contribution in [0.3, 0.4) is 0 Å². The number of carbonyl (C=O) groups excluding carboxylic acids is 2. The summed E-state index contributed by atoms with van der Waals surface area (Å²) >= 11 is 6.13. The molecule has 30 heavy (non-hydrogen) atoms. The molecule has 2 aliphatic rings. The molecular formula is C23H26ClN3O3. The lowest BCUT2D eigenvalue weighted by atomic mass is 9.91. The molecule has 2 heterocycles. The summed E-state index contributed by atoms with van der Waals surface area (Å²) in [5.41, 5.74) is 2.93. The van der Waals surface area contributed by atoms with Crippen molar-refractivity contribution in [3.63, 3.8) is 0 Å². The molecule has 2 aliphatic heterocycles. The minimum Gasteiger partial charge on any atom is -0.383 e. The molecule has 1 unspecified atom stereocenters. The Morgan fingerprint density at radius 2 is 1.87 bits per heavy atom. The molecule has 0 radical (unpaired) electrons. The Balaban J connectivity index is 1.53. The largest absolute Gasteiger partial charge is 0.383 e. The van der Waals surface area contributed by atoms with Crippen LogP contribution in [0.5, 0.6) is 0 Å². The van der Waals surface area contributed by atoms with Gasteiger partial charge in [0.2, 0.25) is 11.8 Å². The number of benzene rings is 2. The summed E-state index contributed by atoms with van der Waals surface area (Å²) in [7, 11) is 1.61. The Morgan fingerprint density at radius 3 is 2.60 bits per heavy atom. The second kappa shape index (κ2) is 9.06. The molecular weight excluding hydrogens is 402 g/mol. The first-order chi connectivity index (χ1) is 14.6. The van der Waals surface area contributed by atoms with E-state index < -0.39 is 6.04 Å². The fourth-order valence-corrected chi connectivity index (χ4v) is 4.46. The van der Waals surface area contributed by atoms with Crippen LogP contribution in [0.4, 0.5) is 5.69 Å². The smallest absolute Gasteiger partial charge is 0.250 e. The minimum absolute atomic E-state index is 0.0163. The fourth-order valence-electron chi connectivity index (χ4n) is 4.28. The van der Waals surface area contributed by atoms with E-state index in [0.29, 0.717) is 37.7 Å². The molecule has 2 amide bonds. The van der Waals surface area contributed by atoms with E-state index in [2.05, 4.69) is 4.90 Å². The quantitative estimate of drug-likeness (QED) is 0.736. The Labute approximate surface area is 182 Å². The molecule has 0 N–H and O–H groups in total. The normalized spacial score (nSPS) is 19.1. The summed E-state index contributed by atoms with van der Waals surface area (Å²) in [6.45, 7) is 3.48. The van der Waals surface area contributed by atoms with Gasteiger partial charge >= 0.3 is 0 Å². The van der Waals surface area contributed by atoms with Crippen molar-refractivity contribution in [2.45, 2.75) is 12.5 Å². The Hall–Kier alpha value is -2.57. The Kier molecular flexibility index (Phi) is 6.25. The van der Waals surface area contributed by atoms with Gasteiger partial charge in [0.25, 0.3) is 0 Å². The standard InChI is InChI=1S/C23H26ClN3O3/c1-30-14-13-27-21(28)15-17-5-2-3-8-20(17)22(27)23(29)26-11-9-25(10-12-26)19-7-4-6-18(24)16-19/h2-8,16,22H,9-15H2,1H3. The number of methoxy groups -OCH3 is 1. The second-order valence-electron chi connectivity index (χ2n) is 7.65. The lowest BCUT2D eigenvalue weighted by Crippen LogP contribution is -2.54. The van der Waals surface area contributed by atoms with Crippen molar-refractivity contribution in [3.05, 3.63) is 64.7 Å². The summed E-state index contributed by atoms with van der Waals surface area (Å²) in [4.78, 5) is 32.2. The third kappa shape index (κ3) is 4.16. The van der Waals surface area contributed by atoms with E-state index >= 15 is 0 Å². The average Bonchev–Trinajstić information content (AvgIpc) is 2.77. The van der Waals surface area contributed by atoms with Crippen LogP contribution < -0.4 is 4.90 Å². The van der Waals surface area contributed by atoms with Crippen molar-refractivity contribution >= 4 is 29.1 Å². The highest BCUT2D eigenvalue weighted by Gasteiger charge is 2.39. The molecule has 0 spiro atoms. The Bertz CT molecular complexity index is 927. The first-order valence-electron chi connectivity index (χ1n) is 10.2. The summed E-state index contributed by atoms with van der Waals surface area (Å²) < 4.78 is 5.19. The zero-order chi connectivity index (χ0) is 21.1. The van der Waals surface area contributed by atoms with Crippen LogP contribution in [0.2, 0.25) is 5.02 Å². The van der Waals surface area contributed by atoms with Crippen LogP contribution in [-0.4, -0.2) is 68.1 Å². The average molecular weight is 428 g/mol. The van der Waals surface area contributed by atoms with Gasteiger partial charge in [-0.15, -0.1) is 0 Å². The van der Waals surface area contributed by atoms with Crippen LogP contribution >= 0.6 is 11.6 Å². The molecule has 2 aromatic rings. The molecule has 0 aromatic heterocycles. The SMILES string of the molecule is COCCN1C(=O)Cc2ccccc2C1C(=O)N1CCN(c2cccc(Cl)c2)CC1. The van der Waals surface area contributed by atoms with E-state index in [1.54, 1.807) is 12.0 Å². The van der Waals surface area contributed by atoms with Crippen LogP contribution in [-0.2, 0) is 20.7 Å². The maximum atomic E-state index is 13.6. The van der Waals surface area contributed by atoms with Gasteiger partial charge in [-0.1, -0.05) is 41.9 Å². The van der Waals surface area contributed by atoms with Gasteiger partial charge in [-0.25, -0.2) is 0 Å². The maximum Gasteiger partial charge on any atom is 0.250 e. The number of ether oxygens (including phenoxy) is 1. The topological polar surface area (TPSA) is 53.1 Å². The number of anilines is 1. The van der Waals surface area contributed by atoms with Gasteiger partial charge in [0.15, 0.2) is 0 Å². The predicted molar refractivity (Wildman–Crippen MR) is 117 cm³/mol. The third-order valence-corrected chi connectivity index (χ3v) is 6.09. The highest BCUT2D eigenvalue weighted by molar-refractivity contribution is 6.30. The van der Waals surface area contributed by atoms with Crippen LogP contribution in [0.1, 0.15) is 17.2 Å². The summed E-state index contributed by atoms with van der Waals surface area (Å²) in [6, 6.07) is 14.9. The molecule has 1 atom stereocenters. The molecule has 2 aromatic carbocycles. The van der Waals surface area contributed by atoms with Gasteiger partial charge in [0.05, 0.1) is 13.0 Å². The zero-order valence-corrected chi connectivity index (χ0v) is 17.8. The molecule has 0 aliphatic carbocycles. The number of piperazine rings is 1. The molecule has 1 saturated heterocycles. The molecule has 0 bridgehead atoms. The third-order valence-electron chi connectivity index (χ3n) is 5.86. The molecule has 6 nitrogen and oxygen atoms in total. The summed E-state index contributed by atoms with van der Waals surface area (Å²) in [5, 5.41) is 0.706. The van der Waals surface area contributed by atoms with E-state index in [-0.39, 0.29) is 11.8 Å². The van der Waals surface area contributed by atoms with Crippen molar-refractivity contribution in [2.75, 3.05) is 51.3 Å². The summed E-state index contributed by atoms with van der Waals surface area (Å²) in [6.07, 6.45) is 0.326. The van der Waals surface area contributed by atoms with E-state index in [1.165, 1.54) is 0 Å². The van der Waals surface area contributed by atoms with Crippen LogP contribution in [0.15, 0.2) is 48.5 Å². The van der Waals surface area contributed by atoms with Crippen LogP contribution in [0, 0.1) is 0 Å². The Morgan fingerprint density at radius 1 is 1.10 bits per heavy atom. The minimum atomic E-state index is -0.588. The van der Waals surface area contributed by atoms with Crippen molar-refractivity contribution in [2.24, 2.45) is 0 Å². The monoisotopic (exact) mass is 427 g/mol. The highest BCUT2D eigenvalue weighted by Crippen LogP contribution is 2.32. The maximum absolute atomic E-state index is 13.6. The van der Waals surface area contributed by atoms with E-state index in [9.17, 15) is 9.59 Å². The first-order valence-corrected chi connectivity index (χ1v) is 10.6. The molecule has 1 fully saturated rings. The van der Waals surface area contributed by atoms with E-state index in [1.807, 2.05) is 53.4 Å². The summed E-state index contributed by atoms with van der Waals surface area (Å²) in [5.74, 6) is -0.0426. The molecule has 4 rings (SSSR count). The van der Waals surface area contributed by atoms with Crippen molar-refractivity contribution in [3.8, 4) is 0 Å². The highest BCUT2D eigenvalue weighted by atomic mass is 35.5. The number of nitrogens with zero attached hydrogens (tertiary/aromatic N) is 3. The van der Waals surface area contributed by atoms with Gasteiger partial charge < -0.3 is 19.4 Å².